The molecule has 6 heteroatoms. The fourth-order valence-electron chi connectivity index (χ4n) is 5.17. The van der Waals surface area contributed by atoms with E-state index in [9.17, 15) is 4.79 Å². The smallest absolute Gasteiger partial charge is 0.166 e. The molecule has 0 radical (unpaired) electrons. The van der Waals surface area contributed by atoms with Crippen molar-refractivity contribution in [2.24, 2.45) is 5.92 Å². The molecule has 0 spiro atoms. The van der Waals surface area contributed by atoms with Gasteiger partial charge in [0, 0.05) is 47.7 Å². The quantitative estimate of drug-likeness (QED) is 0.361. The summed E-state index contributed by atoms with van der Waals surface area (Å²) in [6.45, 7) is 5.04. The zero-order valence-corrected chi connectivity index (χ0v) is 21.0. The highest BCUT2D eigenvalue weighted by Gasteiger charge is 2.29. The number of halogens is 2. The molecule has 0 unspecified atom stereocenters. The first-order chi connectivity index (χ1) is 17.0. The summed E-state index contributed by atoms with van der Waals surface area (Å²) in [4.78, 5) is 18.1. The second-order valence-corrected chi connectivity index (χ2v) is 10.4. The van der Waals surface area contributed by atoms with E-state index in [2.05, 4.69) is 34.1 Å². The molecule has 0 bridgehead atoms. The van der Waals surface area contributed by atoms with Crippen LogP contribution in [0.5, 0.6) is 0 Å². The largest absolute Gasteiger partial charge is 0.299 e. The van der Waals surface area contributed by atoms with Crippen molar-refractivity contribution in [3.63, 3.8) is 0 Å². The lowest BCUT2D eigenvalue weighted by atomic mass is 9.88. The molecule has 178 valence electrons. The lowest BCUT2D eigenvalue weighted by Gasteiger charge is -2.31. The minimum absolute atomic E-state index is 0.0351. The first-order valence-corrected chi connectivity index (χ1v) is 12.8. The molecule has 1 fully saturated rings. The third kappa shape index (κ3) is 5.60. The molecule has 3 aromatic rings. The normalized spacial score (nSPS) is 16.7. The van der Waals surface area contributed by atoms with E-state index in [0.717, 1.165) is 73.8 Å². The van der Waals surface area contributed by atoms with Crippen molar-refractivity contribution in [1.29, 1.82) is 5.26 Å². The lowest BCUT2D eigenvalue weighted by molar-refractivity contribution is 0.0834. The van der Waals surface area contributed by atoms with Crippen molar-refractivity contribution in [3.05, 3.63) is 104 Å². The first kappa shape index (κ1) is 24.0. The summed E-state index contributed by atoms with van der Waals surface area (Å²) in [6, 6.07) is 21.8. The van der Waals surface area contributed by atoms with E-state index in [1.807, 2.05) is 42.5 Å². The van der Waals surface area contributed by atoms with E-state index >= 15 is 0 Å². The number of likely N-dealkylation sites (tertiary alicyclic amines) is 1. The summed E-state index contributed by atoms with van der Waals surface area (Å²) in [6.07, 6.45) is 1.71. The van der Waals surface area contributed by atoms with Gasteiger partial charge in [0.15, 0.2) is 5.78 Å². The van der Waals surface area contributed by atoms with Crippen LogP contribution in [0.3, 0.4) is 0 Å². The topological polar surface area (TPSA) is 47.3 Å². The van der Waals surface area contributed by atoms with Crippen LogP contribution in [-0.2, 0) is 26.2 Å². The fourth-order valence-corrected chi connectivity index (χ4v) is 5.59. The molecule has 3 aromatic carbocycles. The zero-order chi connectivity index (χ0) is 24.4. The van der Waals surface area contributed by atoms with Crippen LogP contribution < -0.4 is 0 Å². The number of rotatable bonds is 6. The Morgan fingerprint density at radius 3 is 2.17 bits per heavy atom. The molecule has 2 heterocycles. The van der Waals surface area contributed by atoms with Gasteiger partial charge in [0.25, 0.3) is 0 Å². The lowest BCUT2D eigenvalue weighted by Crippen LogP contribution is -2.36. The maximum Gasteiger partial charge on any atom is 0.166 e. The van der Waals surface area contributed by atoms with Crippen LogP contribution in [0.25, 0.3) is 0 Å². The predicted molar refractivity (Wildman–Crippen MR) is 139 cm³/mol. The Morgan fingerprint density at radius 1 is 0.886 bits per heavy atom. The van der Waals surface area contributed by atoms with E-state index in [-0.39, 0.29) is 11.7 Å². The highest BCUT2D eigenvalue weighted by atomic mass is 35.5. The van der Waals surface area contributed by atoms with Crippen molar-refractivity contribution in [2.75, 3.05) is 13.1 Å². The minimum atomic E-state index is 0.0351. The number of piperidine rings is 1. The van der Waals surface area contributed by atoms with Gasteiger partial charge in [0.05, 0.1) is 11.6 Å². The molecule has 35 heavy (non-hydrogen) atoms. The van der Waals surface area contributed by atoms with E-state index in [1.54, 1.807) is 0 Å². The van der Waals surface area contributed by atoms with Crippen molar-refractivity contribution in [1.82, 2.24) is 9.80 Å². The first-order valence-electron chi connectivity index (χ1n) is 12.0. The Hall–Kier alpha value is -2.68. The molecular formula is C29H27Cl2N3O. The highest BCUT2D eigenvalue weighted by Crippen LogP contribution is 2.33. The van der Waals surface area contributed by atoms with Gasteiger partial charge in [0.2, 0.25) is 0 Å². The van der Waals surface area contributed by atoms with Gasteiger partial charge in [-0.05, 0) is 84.6 Å². The van der Waals surface area contributed by atoms with Gasteiger partial charge in [-0.2, -0.15) is 5.26 Å². The van der Waals surface area contributed by atoms with E-state index < -0.39 is 0 Å². The second kappa shape index (κ2) is 10.5. The number of Topliss-reactive ketones (excluding diaryl/α,β-unsaturated/α-hetero) is 1. The molecule has 1 saturated heterocycles. The third-order valence-electron chi connectivity index (χ3n) is 7.12. The van der Waals surface area contributed by atoms with Gasteiger partial charge >= 0.3 is 0 Å². The van der Waals surface area contributed by atoms with E-state index in [1.165, 1.54) is 11.1 Å². The molecule has 0 saturated carbocycles. The van der Waals surface area contributed by atoms with Gasteiger partial charge in [-0.25, -0.2) is 0 Å². The Balaban J connectivity index is 1.19. The molecule has 0 atom stereocenters. The van der Waals surface area contributed by atoms with E-state index in [0.29, 0.717) is 10.6 Å². The van der Waals surface area contributed by atoms with Crippen molar-refractivity contribution in [3.8, 4) is 6.07 Å². The summed E-state index contributed by atoms with van der Waals surface area (Å²) in [5.74, 6) is 0.247. The van der Waals surface area contributed by atoms with Gasteiger partial charge in [-0.1, -0.05) is 47.5 Å². The Kier molecular flexibility index (Phi) is 7.22. The summed E-state index contributed by atoms with van der Waals surface area (Å²) >= 11 is 12.7. The number of nitrogens with zero attached hydrogens (tertiary/aromatic N) is 3. The zero-order valence-electron chi connectivity index (χ0n) is 19.5. The number of fused-ring (bicyclic) bond motifs is 1. The van der Waals surface area contributed by atoms with Gasteiger partial charge in [0.1, 0.15) is 0 Å². The molecular weight excluding hydrogens is 477 g/mol. The Bertz CT molecular complexity index is 1260. The van der Waals surface area contributed by atoms with Crippen LogP contribution in [0.2, 0.25) is 10.0 Å². The van der Waals surface area contributed by atoms with Crippen LogP contribution >= 0.6 is 23.2 Å². The monoisotopic (exact) mass is 503 g/mol. The predicted octanol–water partition coefficient (Wildman–Crippen LogP) is 6.48. The Labute approximate surface area is 216 Å². The molecule has 0 aliphatic carbocycles. The van der Waals surface area contributed by atoms with Gasteiger partial charge < -0.3 is 0 Å². The number of carbonyl (C=O) groups is 1. The average molecular weight is 504 g/mol. The summed E-state index contributed by atoms with van der Waals surface area (Å²) in [5, 5.41) is 10.4. The SMILES string of the molecule is N#Cc1ccc(CN2CCC(C(=O)c3cc(Cl)c4c(c3)CN(Cc3ccc(Cl)cc3)C4)CC2)cc1. The second-order valence-electron chi connectivity index (χ2n) is 9.59. The number of nitriles is 1. The molecule has 0 amide bonds. The number of carbonyl (C=O) groups excluding carboxylic acids is 1. The van der Waals surface area contributed by atoms with Crippen LogP contribution in [0.1, 0.15) is 51.0 Å². The molecule has 5 rings (SSSR count). The summed E-state index contributed by atoms with van der Waals surface area (Å²) in [7, 11) is 0. The van der Waals surface area contributed by atoms with Crippen molar-refractivity contribution >= 4 is 29.0 Å². The Morgan fingerprint density at radius 2 is 1.51 bits per heavy atom. The summed E-state index contributed by atoms with van der Waals surface area (Å²) < 4.78 is 0. The number of hydrogen-bond donors (Lipinski definition) is 0. The van der Waals surface area contributed by atoms with Crippen LogP contribution in [-0.4, -0.2) is 28.7 Å². The molecule has 4 nitrogen and oxygen atoms in total. The maximum absolute atomic E-state index is 13.4. The van der Waals surface area contributed by atoms with Crippen molar-refractivity contribution < 1.29 is 4.79 Å². The van der Waals surface area contributed by atoms with Crippen molar-refractivity contribution in [2.45, 2.75) is 39.0 Å². The fraction of sp³-hybridized carbons (Fsp3) is 0.310. The van der Waals surface area contributed by atoms with E-state index in [4.69, 9.17) is 28.5 Å². The standard InChI is InChI=1S/C29H27Cl2N3O/c30-26-7-5-22(6-8-26)17-34-18-25-13-24(14-28(31)27(25)19-34)29(35)23-9-11-33(12-10-23)16-21-3-1-20(15-32)2-4-21/h1-8,13-14,23H,9-12,16-19H2. The molecule has 0 aromatic heterocycles. The number of benzene rings is 3. The highest BCUT2D eigenvalue weighted by molar-refractivity contribution is 6.32. The van der Waals surface area contributed by atoms with Crippen LogP contribution in [0.15, 0.2) is 60.7 Å². The molecule has 2 aliphatic rings. The molecule has 0 N–H and O–H groups in total. The summed E-state index contributed by atoms with van der Waals surface area (Å²) in [5.41, 5.74) is 6.12. The van der Waals surface area contributed by atoms with Gasteiger partial charge in [-0.15, -0.1) is 0 Å². The average Bonchev–Trinajstić information content (AvgIpc) is 3.29. The van der Waals surface area contributed by atoms with Crippen LogP contribution in [0.4, 0.5) is 0 Å². The third-order valence-corrected chi connectivity index (χ3v) is 7.70. The maximum atomic E-state index is 13.4. The van der Waals surface area contributed by atoms with Crippen LogP contribution in [0, 0.1) is 17.2 Å². The minimum Gasteiger partial charge on any atom is -0.299 e. The van der Waals surface area contributed by atoms with Gasteiger partial charge in [-0.3, -0.25) is 14.6 Å². The number of ketones is 1. The number of hydrogen-bond acceptors (Lipinski definition) is 4. The molecule has 2 aliphatic heterocycles.